The average molecular weight is 253 g/mol. The summed E-state index contributed by atoms with van der Waals surface area (Å²) < 4.78 is 0. The van der Waals surface area contributed by atoms with E-state index in [0.29, 0.717) is 11.9 Å². The van der Waals surface area contributed by atoms with Gasteiger partial charge in [-0.3, -0.25) is 0 Å². The first-order valence-electron chi connectivity index (χ1n) is 6.45. The van der Waals surface area contributed by atoms with E-state index in [4.69, 9.17) is 11.6 Å². The van der Waals surface area contributed by atoms with Crippen LogP contribution in [0.3, 0.4) is 0 Å². The van der Waals surface area contributed by atoms with Gasteiger partial charge in [0.25, 0.3) is 0 Å². The van der Waals surface area contributed by atoms with Gasteiger partial charge < -0.3 is 4.90 Å². The zero-order valence-corrected chi connectivity index (χ0v) is 11.5. The Morgan fingerprint density at radius 3 is 3.00 bits per heavy atom. The highest BCUT2D eigenvalue weighted by molar-refractivity contribution is 6.17. The van der Waals surface area contributed by atoms with E-state index in [9.17, 15) is 0 Å². The lowest BCUT2D eigenvalue weighted by Crippen LogP contribution is -2.36. The third kappa shape index (κ3) is 2.92. The van der Waals surface area contributed by atoms with Gasteiger partial charge in [-0.1, -0.05) is 25.8 Å². The molecule has 0 N–H and O–H groups in total. The van der Waals surface area contributed by atoms with Crippen molar-refractivity contribution in [1.29, 1.82) is 0 Å². The molecule has 0 spiro atoms. The molecule has 1 fully saturated rings. The molecule has 17 heavy (non-hydrogen) atoms. The van der Waals surface area contributed by atoms with Crippen LogP contribution in [-0.2, 0) is 5.88 Å². The van der Waals surface area contributed by atoms with E-state index in [1.165, 1.54) is 25.7 Å². The number of hydrogen-bond donors (Lipinski definition) is 0. The highest BCUT2D eigenvalue weighted by Crippen LogP contribution is 2.30. The van der Waals surface area contributed by atoms with E-state index in [2.05, 4.69) is 29.9 Å². The topological polar surface area (TPSA) is 16.1 Å². The summed E-state index contributed by atoms with van der Waals surface area (Å²) in [5.41, 5.74) is 1.13. The zero-order valence-electron chi connectivity index (χ0n) is 10.7. The van der Waals surface area contributed by atoms with Crippen LogP contribution in [-0.4, -0.2) is 18.1 Å². The lowest BCUT2D eigenvalue weighted by atomic mass is 9.86. The van der Waals surface area contributed by atoms with Crippen molar-refractivity contribution in [3.8, 4) is 0 Å². The normalized spacial score (nSPS) is 24.6. The molecule has 0 aromatic carbocycles. The molecule has 2 rings (SSSR count). The fourth-order valence-electron chi connectivity index (χ4n) is 2.78. The molecule has 0 amide bonds. The smallest absolute Gasteiger partial charge is 0.132 e. The number of hydrogen-bond acceptors (Lipinski definition) is 2. The van der Waals surface area contributed by atoms with Crippen LogP contribution in [0.2, 0.25) is 0 Å². The minimum absolute atomic E-state index is 0.537. The molecule has 2 unspecified atom stereocenters. The van der Waals surface area contributed by atoms with Crippen LogP contribution in [0.1, 0.15) is 38.2 Å². The number of alkyl halides is 1. The highest BCUT2D eigenvalue weighted by Gasteiger charge is 2.24. The third-order valence-corrected chi connectivity index (χ3v) is 4.09. The van der Waals surface area contributed by atoms with Crippen molar-refractivity contribution in [2.24, 2.45) is 5.92 Å². The Balaban J connectivity index is 2.15. The number of pyridine rings is 1. The Labute approximate surface area is 109 Å². The molecule has 2 nitrogen and oxygen atoms in total. The maximum absolute atomic E-state index is 5.98. The summed E-state index contributed by atoms with van der Waals surface area (Å²) in [7, 11) is 2.15. The van der Waals surface area contributed by atoms with Crippen molar-refractivity contribution < 1.29 is 0 Å². The van der Waals surface area contributed by atoms with E-state index in [1.54, 1.807) is 0 Å². The third-order valence-electron chi connectivity index (χ3n) is 3.80. The molecule has 3 heteroatoms. The second-order valence-corrected chi connectivity index (χ2v) is 5.42. The van der Waals surface area contributed by atoms with Crippen LogP contribution in [0.4, 0.5) is 5.82 Å². The summed E-state index contributed by atoms with van der Waals surface area (Å²) in [6.07, 6.45) is 7.11. The van der Waals surface area contributed by atoms with Crippen LogP contribution < -0.4 is 4.90 Å². The SMILES string of the molecule is CC1CCCC(N(C)c2ncccc2CCl)C1. The summed E-state index contributed by atoms with van der Waals surface area (Å²) in [6.45, 7) is 2.35. The predicted molar refractivity (Wildman–Crippen MR) is 73.6 cm³/mol. The first-order valence-corrected chi connectivity index (χ1v) is 6.98. The Hall–Kier alpha value is -0.760. The fourth-order valence-corrected chi connectivity index (χ4v) is 2.99. The van der Waals surface area contributed by atoms with E-state index in [1.807, 2.05) is 12.3 Å². The standard InChI is InChI=1S/C14H21ClN2/c1-11-5-3-7-13(9-11)17(2)14-12(10-15)6-4-8-16-14/h4,6,8,11,13H,3,5,7,9-10H2,1-2H3. The predicted octanol–water partition coefficient (Wildman–Crippen LogP) is 3.84. The second kappa shape index (κ2) is 5.72. The maximum Gasteiger partial charge on any atom is 0.132 e. The van der Waals surface area contributed by atoms with Crippen LogP contribution in [0, 0.1) is 5.92 Å². The second-order valence-electron chi connectivity index (χ2n) is 5.16. The van der Waals surface area contributed by atoms with Crippen molar-refractivity contribution >= 4 is 17.4 Å². The van der Waals surface area contributed by atoms with E-state index < -0.39 is 0 Å². The van der Waals surface area contributed by atoms with Crippen LogP contribution in [0.5, 0.6) is 0 Å². The summed E-state index contributed by atoms with van der Waals surface area (Å²) in [6, 6.07) is 4.65. The minimum atomic E-state index is 0.537. The van der Waals surface area contributed by atoms with E-state index in [-0.39, 0.29) is 0 Å². The Kier molecular flexibility index (Phi) is 4.27. The lowest BCUT2D eigenvalue weighted by molar-refractivity contribution is 0.335. The number of rotatable bonds is 3. The van der Waals surface area contributed by atoms with Crippen molar-refractivity contribution in [3.05, 3.63) is 23.9 Å². The molecule has 1 aromatic rings. The maximum atomic E-state index is 5.98. The van der Waals surface area contributed by atoms with Crippen molar-refractivity contribution in [1.82, 2.24) is 4.98 Å². The molecule has 1 aliphatic carbocycles. The van der Waals surface area contributed by atoms with Gasteiger partial charge in [-0.05, 0) is 24.8 Å². The fraction of sp³-hybridized carbons (Fsp3) is 0.643. The number of halogens is 1. The number of anilines is 1. The Morgan fingerprint density at radius 1 is 1.47 bits per heavy atom. The van der Waals surface area contributed by atoms with Gasteiger partial charge in [0, 0.05) is 24.8 Å². The van der Waals surface area contributed by atoms with Gasteiger partial charge >= 0.3 is 0 Å². The number of aromatic nitrogens is 1. The molecule has 0 radical (unpaired) electrons. The van der Waals surface area contributed by atoms with Crippen LogP contribution in [0.15, 0.2) is 18.3 Å². The van der Waals surface area contributed by atoms with Gasteiger partial charge in [0.1, 0.15) is 5.82 Å². The molecule has 1 aliphatic rings. The molecular formula is C14H21ClN2. The summed E-state index contributed by atoms with van der Waals surface area (Å²) in [4.78, 5) is 6.82. The van der Waals surface area contributed by atoms with Gasteiger partial charge in [0.05, 0.1) is 5.88 Å². The van der Waals surface area contributed by atoms with Gasteiger partial charge in [-0.2, -0.15) is 0 Å². The van der Waals surface area contributed by atoms with Crippen LogP contribution >= 0.6 is 11.6 Å². The van der Waals surface area contributed by atoms with Gasteiger partial charge in [0.15, 0.2) is 0 Å². The molecular weight excluding hydrogens is 232 g/mol. The van der Waals surface area contributed by atoms with E-state index >= 15 is 0 Å². The van der Waals surface area contributed by atoms with Gasteiger partial charge in [-0.25, -0.2) is 4.98 Å². The number of nitrogens with zero attached hydrogens (tertiary/aromatic N) is 2. The highest BCUT2D eigenvalue weighted by atomic mass is 35.5. The molecule has 1 saturated carbocycles. The van der Waals surface area contributed by atoms with Crippen molar-refractivity contribution in [2.75, 3.05) is 11.9 Å². The van der Waals surface area contributed by atoms with Crippen molar-refractivity contribution in [2.45, 2.75) is 44.5 Å². The Morgan fingerprint density at radius 2 is 2.29 bits per heavy atom. The summed E-state index contributed by atoms with van der Waals surface area (Å²) in [5.74, 6) is 2.43. The molecule has 94 valence electrons. The summed E-state index contributed by atoms with van der Waals surface area (Å²) in [5, 5.41) is 0. The largest absolute Gasteiger partial charge is 0.356 e. The van der Waals surface area contributed by atoms with Gasteiger partial charge in [-0.15, -0.1) is 11.6 Å². The molecule has 1 heterocycles. The molecule has 0 saturated heterocycles. The molecule has 1 aromatic heterocycles. The minimum Gasteiger partial charge on any atom is -0.356 e. The van der Waals surface area contributed by atoms with Gasteiger partial charge in [0.2, 0.25) is 0 Å². The lowest BCUT2D eigenvalue weighted by Gasteiger charge is -2.35. The summed E-state index contributed by atoms with van der Waals surface area (Å²) >= 11 is 5.98. The average Bonchev–Trinajstić information content (AvgIpc) is 2.38. The molecule has 0 aliphatic heterocycles. The van der Waals surface area contributed by atoms with Crippen molar-refractivity contribution in [3.63, 3.8) is 0 Å². The zero-order chi connectivity index (χ0) is 12.3. The Bertz CT molecular complexity index is 367. The molecule has 0 bridgehead atoms. The monoisotopic (exact) mass is 252 g/mol. The first-order chi connectivity index (χ1) is 8.22. The first kappa shape index (κ1) is 12.7. The molecule has 2 atom stereocenters. The van der Waals surface area contributed by atoms with E-state index in [0.717, 1.165) is 17.3 Å². The quantitative estimate of drug-likeness (QED) is 0.760. The van der Waals surface area contributed by atoms with Crippen LogP contribution in [0.25, 0.3) is 0 Å².